The van der Waals surface area contributed by atoms with Crippen molar-refractivity contribution < 1.29 is 14.5 Å². The number of nitro benzene ring substituents is 1. The van der Waals surface area contributed by atoms with Crippen molar-refractivity contribution in [1.29, 1.82) is 0 Å². The first kappa shape index (κ1) is 19.0. The summed E-state index contributed by atoms with van der Waals surface area (Å²) in [5.74, 6) is 0. The van der Waals surface area contributed by atoms with Gasteiger partial charge >= 0.3 is 6.09 Å². The third-order valence-electron chi connectivity index (χ3n) is 3.11. The van der Waals surface area contributed by atoms with Crippen LogP contribution in [0.25, 0.3) is 0 Å². The Labute approximate surface area is 151 Å². The van der Waals surface area contributed by atoms with Crippen LogP contribution in [-0.4, -0.2) is 16.6 Å². The Morgan fingerprint density at radius 1 is 1.04 bits per heavy atom. The van der Waals surface area contributed by atoms with E-state index in [2.05, 4.69) is 15.5 Å². The standard InChI is InChI=1S/C18H20N4O4/c1-18(2,3)26-17(23)19-12-13-4-6-14(7-5-13)20-21-15-8-10-16(11-9-15)22(24)25/h4-11H,12H2,1-3H3,(H,19,23)/b21-20+. The van der Waals surface area contributed by atoms with Crippen LogP contribution in [0.2, 0.25) is 0 Å². The maximum atomic E-state index is 11.6. The summed E-state index contributed by atoms with van der Waals surface area (Å²) in [5.41, 5.74) is 1.51. The number of nitrogens with zero attached hydrogens (tertiary/aromatic N) is 3. The number of non-ortho nitro benzene ring substituents is 1. The first-order chi connectivity index (χ1) is 12.2. The molecule has 0 saturated carbocycles. The van der Waals surface area contributed by atoms with E-state index in [0.29, 0.717) is 17.9 Å². The molecule has 0 atom stereocenters. The number of hydrogen-bond acceptors (Lipinski definition) is 6. The smallest absolute Gasteiger partial charge is 0.407 e. The predicted molar refractivity (Wildman–Crippen MR) is 96.8 cm³/mol. The maximum absolute atomic E-state index is 11.6. The molecule has 0 saturated heterocycles. The number of nitrogens with one attached hydrogen (secondary N) is 1. The molecule has 2 rings (SSSR count). The Balaban J connectivity index is 1.90. The van der Waals surface area contributed by atoms with Crippen molar-refractivity contribution in [1.82, 2.24) is 5.32 Å². The number of hydrogen-bond donors (Lipinski definition) is 1. The van der Waals surface area contributed by atoms with Crippen LogP contribution in [0, 0.1) is 10.1 Å². The van der Waals surface area contributed by atoms with Crippen LogP contribution in [-0.2, 0) is 11.3 Å². The number of ether oxygens (including phenoxy) is 1. The third-order valence-corrected chi connectivity index (χ3v) is 3.11. The number of carbonyl (C=O) groups is 1. The Morgan fingerprint density at radius 2 is 1.54 bits per heavy atom. The van der Waals surface area contributed by atoms with Crippen molar-refractivity contribution >= 4 is 23.2 Å². The van der Waals surface area contributed by atoms with Crippen LogP contribution < -0.4 is 5.32 Å². The summed E-state index contributed by atoms with van der Waals surface area (Å²) < 4.78 is 5.17. The number of amides is 1. The molecule has 1 N–H and O–H groups in total. The molecular weight excluding hydrogens is 336 g/mol. The zero-order chi connectivity index (χ0) is 19.2. The molecule has 0 aromatic heterocycles. The van der Waals surface area contributed by atoms with Crippen LogP contribution in [0.4, 0.5) is 21.9 Å². The highest BCUT2D eigenvalue weighted by Gasteiger charge is 2.15. The average Bonchev–Trinajstić information content (AvgIpc) is 2.58. The summed E-state index contributed by atoms with van der Waals surface area (Å²) in [4.78, 5) is 21.8. The van der Waals surface area contributed by atoms with Crippen LogP contribution in [0.5, 0.6) is 0 Å². The molecule has 0 aliphatic rings. The Bertz CT molecular complexity index is 793. The number of benzene rings is 2. The molecule has 0 bridgehead atoms. The van der Waals surface area contributed by atoms with Gasteiger partial charge in [0.1, 0.15) is 5.60 Å². The highest BCUT2D eigenvalue weighted by Crippen LogP contribution is 2.21. The van der Waals surface area contributed by atoms with E-state index in [4.69, 9.17) is 4.74 Å². The van der Waals surface area contributed by atoms with E-state index in [1.807, 2.05) is 12.1 Å². The van der Waals surface area contributed by atoms with Crippen molar-refractivity contribution in [2.45, 2.75) is 32.9 Å². The number of azo groups is 1. The van der Waals surface area contributed by atoms with Gasteiger partial charge < -0.3 is 10.1 Å². The molecule has 8 heteroatoms. The van der Waals surface area contributed by atoms with Gasteiger partial charge in [-0.3, -0.25) is 10.1 Å². The lowest BCUT2D eigenvalue weighted by atomic mass is 10.2. The minimum Gasteiger partial charge on any atom is -0.444 e. The highest BCUT2D eigenvalue weighted by atomic mass is 16.6. The first-order valence-corrected chi connectivity index (χ1v) is 7.95. The van der Waals surface area contributed by atoms with E-state index >= 15 is 0 Å². The Hall–Kier alpha value is -3.29. The second kappa shape index (κ2) is 8.19. The molecule has 0 spiro atoms. The largest absolute Gasteiger partial charge is 0.444 e. The molecule has 1 amide bonds. The molecule has 0 aliphatic carbocycles. The predicted octanol–water partition coefficient (Wildman–Crippen LogP) is 5.03. The fourth-order valence-corrected chi connectivity index (χ4v) is 1.93. The second-order valence-electron chi connectivity index (χ2n) is 6.50. The minimum atomic E-state index is -0.536. The van der Waals surface area contributed by atoms with Crippen LogP contribution in [0.3, 0.4) is 0 Å². The van der Waals surface area contributed by atoms with Gasteiger partial charge in [-0.05, 0) is 50.6 Å². The molecule has 2 aromatic rings. The zero-order valence-electron chi connectivity index (χ0n) is 14.8. The zero-order valence-corrected chi connectivity index (χ0v) is 14.8. The molecule has 0 radical (unpaired) electrons. The maximum Gasteiger partial charge on any atom is 0.407 e. The second-order valence-corrected chi connectivity index (χ2v) is 6.50. The summed E-state index contributed by atoms with van der Waals surface area (Å²) in [6.07, 6.45) is -0.473. The highest BCUT2D eigenvalue weighted by molar-refractivity contribution is 5.67. The van der Waals surface area contributed by atoms with Crippen LogP contribution in [0.15, 0.2) is 58.8 Å². The van der Waals surface area contributed by atoms with Gasteiger partial charge in [0.25, 0.3) is 5.69 Å². The fourth-order valence-electron chi connectivity index (χ4n) is 1.93. The van der Waals surface area contributed by atoms with Gasteiger partial charge in [-0.2, -0.15) is 10.2 Å². The number of carbonyl (C=O) groups excluding carboxylic acids is 1. The van der Waals surface area contributed by atoms with Crippen molar-refractivity contribution in [2.24, 2.45) is 10.2 Å². The van der Waals surface area contributed by atoms with Gasteiger partial charge in [0.2, 0.25) is 0 Å². The van der Waals surface area contributed by atoms with Crippen LogP contribution in [0.1, 0.15) is 26.3 Å². The molecule has 0 unspecified atom stereocenters. The third kappa shape index (κ3) is 6.31. The van der Waals surface area contributed by atoms with Gasteiger partial charge in [-0.25, -0.2) is 4.79 Å². The Kier molecular flexibility index (Phi) is 6.00. The van der Waals surface area contributed by atoms with E-state index in [-0.39, 0.29) is 5.69 Å². The van der Waals surface area contributed by atoms with Crippen molar-refractivity contribution in [3.8, 4) is 0 Å². The molecule has 0 heterocycles. The first-order valence-electron chi connectivity index (χ1n) is 7.95. The van der Waals surface area contributed by atoms with E-state index in [0.717, 1.165) is 5.56 Å². The van der Waals surface area contributed by atoms with Crippen molar-refractivity contribution in [3.63, 3.8) is 0 Å². The van der Waals surface area contributed by atoms with Gasteiger partial charge in [0, 0.05) is 18.7 Å². The van der Waals surface area contributed by atoms with Crippen LogP contribution >= 0.6 is 0 Å². The summed E-state index contributed by atoms with van der Waals surface area (Å²) in [7, 11) is 0. The lowest BCUT2D eigenvalue weighted by molar-refractivity contribution is -0.384. The molecule has 2 aromatic carbocycles. The quantitative estimate of drug-likeness (QED) is 0.460. The number of rotatable bonds is 5. The van der Waals surface area contributed by atoms with Gasteiger partial charge in [-0.15, -0.1) is 0 Å². The van der Waals surface area contributed by atoms with Crippen molar-refractivity contribution in [3.05, 3.63) is 64.2 Å². The summed E-state index contributed by atoms with van der Waals surface area (Å²) >= 11 is 0. The summed E-state index contributed by atoms with van der Waals surface area (Å²) in [6, 6.07) is 13.0. The molecule has 0 fully saturated rings. The molecule has 136 valence electrons. The summed E-state index contributed by atoms with van der Waals surface area (Å²) in [6.45, 7) is 5.75. The molecule has 26 heavy (non-hydrogen) atoms. The summed E-state index contributed by atoms with van der Waals surface area (Å²) in [5, 5.41) is 21.4. The molecular formula is C18H20N4O4. The Morgan fingerprint density at radius 3 is 2.00 bits per heavy atom. The van der Waals surface area contributed by atoms with Gasteiger partial charge in [0.05, 0.1) is 16.3 Å². The number of nitro groups is 1. The monoisotopic (exact) mass is 356 g/mol. The van der Waals surface area contributed by atoms with Gasteiger partial charge in [-0.1, -0.05) is 12.1 Å². The number of alkyl carbamates (subject to hydrolysis) is 1. The van der Waals surface area contributed by atoms with E-state index < -0.39 is 16.6 Å². The fraction of sp³-hybridized carbons (Fsp3) is 0.278. The minimum absolute atomic E-state index is 0.00536. The topological polar surface area (TPSA) is 106 Å². The van der Waals surface area contributed by atoms with E-state index in [1.165, 1.54) is 24.3 Å². The average molecular weight is 356 g/mol. The lowest BCUT2D eigenvalue weighted by Gasteiger charge is -2.19. The van der Waals surface area contributed by atoms with E-state index in [1.54, 1.807) is 32.9 Å². The van der Waals surface area contributed by atoms with Crippen molar-refractivity contribution in [2.75, 3.05) is 0 Å². The van der Waals surface area contributed by atoms with E-state index in [9.17, 15) is 14.9 Å². The normalized spacial score (nSPS) is 11.3. The molecule has 8 nitrogen and oxygen atoms in total. The van der Waals surface area contributed by atoms with Gasteiger partial charge in [0.15, 0.2) is 0 Å². The SMILES string of the molecule is CC(C)(C)OC(=O)NCc1ccc(/N=N/c2ccc([N+](=O)[O-])cc2)cc1. The lowest BCUT2D eigenvalue weighted by Crippen LogP contribution is -2.32. The molecule has 0 aliphatic heterocycles.